The largest absolute Gasteiger partial charge is 0.486 e. The van der Waals surface area contributed by atoms with Gasteiger partial charge in [-0.1, -0.05) is 26.5 Å². The third-order valence-electron chi connectivity index (χ3n) is 9.54. The molecule has 5 aromatic rings. The molecule has 2 aromatic carbocycles. The van der Waals surface area contributed by atoms with E-state index in [1.54, 1.807) is 30.2 Å². The van der Waals surface area contributed by atoms with Gasteiger partial charge in [-0.25, -0.2) is 13.8 Å². The van der Waals surface area contributed by atoms with Gasteiger partial charge in [-0.3, -0.25) is 19.1 Å². The number of hydrogen-bond acceptors (Lipinski definition) is 6. The van der Waals surface area contributed by atoms with Crippen LogP contribution in [0.25, 0.3) is 38.8 Å². The van der Waals surface area contributed by atoms with Gasteiger partial charge >= 0.3 is 0 Å². The van der Waals surface area contributed by atoms with E-state index in [0.717, 1.165) is 0 Å². The zero-order valence-electron chi connectivity index (χ0n) is 27.0. The van der Waals surface area contributed by atoms with Crippen LogP contribution in [0.5, 0.6) is 5.75 Å². The second-order valence-electron chi connectivity index (χ2n) is 12.8. The Morgan fingerprint density at radius 2 is 1.89 bits per heavy atom. The zero-order chi connectivity index (χ0) is 33.3. The topological polar surface area (TPSA) is 96.3 Å². The summed E-state index contributed by atoms with van der Waals surface area (Å²) in [5.41, 5.74) is 3.16. The average Bonchev–Trinajstić information content (AvgIpc) is 3.44. The van der Waals surface area contributed by atoms with Gasteiger partial charge in [-0.05, 0) is 62.1 Å². The number of pyridine rings is 2. The van der Waals surface area contributed by atoms with Crippen LogP contribution >= 0.6 is 0 Å². The van der Waals surface area contributed by atoms with Crippen molar-refractivity contribution in [1.29, 1.82) is 0 Å². The first-order chi connectivity index (χ1) is 22.5. The molecule has 1 fully saturated rings. The summed E-state index contributed by atoms with van der Waals surface area (Å²) in [6, 6.07) is 6.17. The Morgan fingerprint density at radius 3 is 2.64 bits per heavy atom. The molecule has 2 aliphatic rings. The maximum atomic E-state index is 17.6. The Hall–Kier alpha value is -5.06. The predicted molar refractivity (Wildman–Crippen MR) is 179 cm³/mol. The van der Waals surface area contributed by atoms with Crippen LogP contribution in [0.4, 0.5) is 14.5 Å². The molecular weight excluding hydrogens is 602 g/mol. The number of amides is 1. The highest BCUT2D eigenvalue weighted by Gasteiger charge is 2.40. The van der Waals surface area contributed by atoms with Crippen molar-refractivity contribution < 1.29 is 18.3 Å². The molecule has 2 unspecified atom stereocenters. The van der Waals surface area contributed by atoms with E-state index >= 15 is 8.78 Å². The number of aryl methyl sites for hydroxylation is 2. The van der Waals surface area contributed by atoms with Gasteiger partial charge in [-0.15, -0.1) is 0 Å². The Morgan fingerprint density at radius 1 is 1.11 bits per heavy atom. The van der Waals surface area contributed by atoms with Crippen molar-refractivity contribution in [2.45, 2.75) is 59.0 Å². The van der Waals surface area contributed by atoms with E-state index in [1.807, 2.05) is 38.7 Å². The lowest BCUT2D eigenvalue weighted by molar-refractivity contribution is -0.128. The van der Waals surface area contributed by atoms with Gasteiger partial charge in [0.2, 0.25) is 11.7 Å². The summed E-state index contributed by atoms with van der Waals surface area (Å²) in [4.78, 5) is 43.3. The van der Waals surface area contributed by atoms with Gasteiger partial charge in [0.15, 0.2) is 5.82 Å². The molecule has 0 saturated carbocycles. The number of imidazole rings is 1. The molecule has 0 spiro atoms. The van der Waals surface area contributed by atoms with Crippen LogP contribution in [0, 0.1) is 25.5 Å². The highest BCUT2D eigenvalue weighted by molar-refractivity contribution is 6.02. The minimum atomic E-state index is -0.884. The second kappa shape index (κ2) is 11.3. The molecule has 0 bridgehead atoms. The maximum Gasteiger partial charge on any atom is 0.300 e. The quantitative estimate of drug-likeness (QED) is 0.232. The highest BCUT2D eigenvalue weighted by atomic mass is 19.1. The number of anilines is 1. The number of aromatic amines is 1. The lowest BCUT2D eigenvalue weighted by Crippen LogP contribution is -2.59. The third-order valence-corrected chi connectivity index (χ3v) is 9.54. The van der Waals surface area contributed by atoms with Gasteiger partial charge in [0.1, 0.15) is 5.82 Å². The molecule has 1 N–H and O–H groups in total. The SMILES string of the molecule is C=CC(=O)N1CC2CCOc3c(c4cc(F)c(-c5c(C)ccc6[nH]cnc56)c(F)c4n(-c4c(C)ccnc4C(C)C)c3=O)N2CC1C. The van der Waals surface area contributed by atoms with Gasteiger partial charge in [0.05, 0.1) is 58.2 Å². The average molecular weight is 639 g/mol. The first-order valence-corrected chi connectivity index (χ1v) is 15.9. The van der Waals surface area contributed by atoms with E-state index in [9.17, 15) is 9.59 Å². The summed E-state index contributed by atoms with van der Waals surface area (Å²) in [7, 11) is 0. The Bertz CT molecular complexity index is 2170. The molecule has 2 aliphatic heterocycles. The smallest absolute Gasteiger partial charge is 0.300 e. The zero-order valence-corrected chi connectivity index (χ0v) is 27.0. The third kappa shape index (κ3) is 4.62. The van der Waals surface area contributed by atoms with Crippen LogP contribution in [-0.4, -0.2) is 62.1 Å². The molecule has 5 heterocycles. The molecule has 0 radical (unpaired) electrons. The van der Waals surface area contributed by atoms with Gasteiger partial charge in [0, 0.05) is 42.7 Å². The molecule has 7 rings (SSSR count). The van der Waals surface area contributed by atoms with Gasteiger partial charge < -0.3 is 19.5 Å². The number of piperazine rings is 1. The Labute approximate surface area is 270 Å². The monoisotopic (exact) mass is 638 g/mol. The summed E-state index contributed by atoms with van der Waals surface area (Å²) < 4.78 is 41.9. The second-order valence-corrected chi connectivity index (χ2v) is 12.8. The number of H-pyrrole nitrogens is 1. The Balaban J connectivity index is 1.62. The number of benzene rings is 2. The number of fused-ring (bicyclic) bond motifs is 6. The molecule has 3 aromatic heterocycles. The number of ether oxygens (including phenoxy) is 1. The molecule has 1 amide bonds. The van der Waals surface area contributed by atoms with Crippen LogP contribution in [0.1, 0.15) is 49.9 Å². The number of nitrogens with one attached hydrogen (secondary N) is 1. The van der Waals surface area contributed by atoms with E-state index in [1.165, 1.54) is 23.0 Å². The number of hydrogen-bond donors (Lipinski definition) is 1. The van der Waals surface area contributed by atoms with Crippen molar-refractivity contribution in [1.82, 2.24) is 24.4 Å². The van der Waals surface area contributed by atoms with Crippen LogP contribution in [-0.2, 0) is 4.79 Å². The molecule has 11 heteroatoms. The van der Waals surface area contributed by atoms with Crippen molar-refractivity contribution in [3.8, 4) is 22.6 Å². The van der Waals surface area contributed by atoms with Crippen LogP contribution in [0.3, 0.4) is 0 Å². The van der Waals surface area contributed by atoms with Gasteiger partial charge in [-0.2, -0.15) is 0 Å². The molecule has 47 heavy (non-hydrogen) atoms. The molecule has 1 saturated heterocycles. The summed E-state index contributed by atoms with van der Waals surface area (Å²) in [5, 5.41) is 0.200. The van der Waals surface area contributed by atoms with Crippen LogP contribution in [0.2, 0.25) is 0 Å². The molecule has 0 aliphatic carbocycles. The Kier molecular flexibility index (Phi) is 7.37. The number of carbonyl (C=O) groups is 1. The fourth-order valence-electron chi connectivity index (χ4n) is 7.28. The first kappa shape index (κ1) is 30.6. The van der Waals surface area contributed by atoms with Crippen molar-refractivity contribution in [3.63, 3.8) is 0 Å². The fourth-order valence-corrected chi connectivity index (χ4v) is 7.28. The number of halogens is 2. The van der Waals surface area contributed by atoms with Crippen molar-refractivity contribution in [2.24, 2.45) is 0 Å². The number of aromatic nitrogens is 4. The minimum Gasteiger partial charge on any atom is -0.486 e. The van der Waals surface area contributed by atoms with E-state index in [0.29, 0.717) is 64.3 Å². The van der Waals surface area contributed by atoms with Crippen LogP contribution in [0.15, 0.2) is 54.2 Å². The molecule has 242 valence electrons. The summed E-state index contributed by atoms with van der Waals surface area (Å²) in [6.45, 7) is 14.0. The van der Waals surface area contributed by atoms with E-state index in [2.05, 4.69) is 21.5 Å². The van der Waals surface area contributed by atoms with Crippen molar-refractivity contribution >= 4 is 33.5 Å². The number of nitrogens with zero attached hydrogens (tertiary/aromatic N) is 5. The van der Waals surface area contributed by atoms with Gasteiger partial charge in [0.25, 0.3) is 5.56 Å². The number of rotatable bonds is 4. The summed E-state index contributed by atoms with van der Waals surface area (Å²) in [5.74, 6) is -1.96. The lowest BCUT2D eigenvalue weighted by atomic mass is 9.94. The van der Waals surface area contributed by atoms with E-state index in [4.69, 9.17) is 4.74 Å². The predicted octanol–water partition coefficient (Wildman–Crippen LogP) is 6.32. The highest BCUT2D eigenvalue weighted by Crippen LogP contribution is 2.45. The van der Waals surface area contributed by atoms with Crippen molar-refractivity contribution in [3.05, 3.63) is 88.3 Å². The maximum absolute atomic E-state index is 17.6. The first-order valence-electron chi connectivity index (χ1n) is 15.9. The molecule has 9 nitrogen and oxygen atoms in total. The van der Waals surface area contributed by atoms with Crippen LogP contribution < -0.4 is 15.2 Å². The van der Waals surface area contributed by atoms with Crippen molar-refractivity contribution in [2.75, 3.05) is 24.6 Å². The van der Waals surface area contributed by atoms with E-state index in [-0.39, 0.29) is 52.7 Å². The van der Waals surface area contributed by atoms with E-state index < -0.39 is 17.2 Å². The number of carbonyl (C=O) groups excluding carboxylic acids is 1. The standard InChI is InChI=1S/C36H36F2N6O3/c1-7-26(45)42-16-22-11-13-47-35-34(43(22)15-21(42)6)23-14-24(37)28(27-19(4)8-9-25-31(27)41-17-40-25)29(38)33(23)44(36(35)46)32-20(5)10-12-39-30(32)18(2)3/h7-10,12,14,17-18,21-22H,1,11,13,15-16H2,2-6H3,(H,40,41). The lowest BCUT2D eigenvalue weighted by Gasteiger charge is -2.45. The fraction of sp³-hybridized carbons (Fsp3) is 0.333. The molecular formula is C36H36F2N6O3. The minimum absolute atomic E-state index is 0.0192. The normalized spacial score (nSPS) is 17.9. The molecule has 2 atom stereocenters. The summed E-state index contributed by atoms with van der Waals surface area (Å²) >= 11 is 0. The summed E-state index contributed by atoms with van der Waals surface area (Å²) in [6.07, 6.45) is 4.94.